The van der Waals surface area contributed by atoms with Gasteiger partial charge in [-0.1, -0.05) is 0 Å². The molecule has 27 heavy (non-hydrogen) atoms. The molecule has 0 fully saturated rings. The molecule has 0 aliphatic rings. The van der Waals surface area contributed by atoms with Crippen molar-refractivity contribution in [1.29, 1.82) is 0 Å². The molecule has 4 N–H and O–H groups in total. The Labute approximate surface area is 168 Å². The molecule has 3 aromatic rings. The first-order valence-electron chi connectivity index (χ1n) is 7.88. The number of nitrogens with zero attached hydrogens (tertiary/aromatic N) is 1. The lowest BCUT2D eigenvalue weighted by Crippen LogP contribution is -2.07. The monoisotopic (exact) mass is 480 g/mol. The van der Waals surface area contributed by atoms with Crippen LogP contribution in [0.1, 0.15) is 6.92 Å². The summed E-state index contributed by atoms with van der Waals surface area (Å²) in [6, 6.07) is 10.0. The highest BCUT2D eigenvalue weighted by atomic mass is 127. The number of nitrogen functional groups attached to an aromatic ring is 1. The highest BCUT2D eigenvalue weighted by Gasteiger charge is 2.11. The zero-order chi connectivity index (χ0) is 19.6. The number of benzene rings is 2. The number of rotatable bonds is 4. The number of aromatic nitrogens is 1. The van der Waals surface area contributed by atoms with E-state index >= 15 is 0 Å². The molecule has 0 radical (unpaired) electrons. The van der Waals surface area contributed by atoms with Gasteiger partial charge in [-0.3, -0.25) is 4.79 Å². The summed E-state index contributed by atoms with van der Waals surface area (Å²) >= 11 is 2.10. The number of hydrogen-bond donors (Lipinski definition) is 3. The molecule has 2 aromatic carbocycles. The molecular weight excluding hydrogens is 465 g/mol. The number of hydrogen-bond acceptors (Lipinski definition) is 4. The van der Waals surface area contributed by atoms with E-state index in [0.717, 1.165) is 9.64 Å². The summed E-state index contributed by atoms with van der Waals surface area (Å²) in [5.74, 6) is -1.21. The van der Waals surface area contributed by atoms with Gasteiger partial charge in [0.1, 0.15) is 11.6 Å². The number of nitrogens with one attached hydrogen (secondary N) is 2. The highest BCUT2D eigenvalue weighted by Crippen LogP contribution is 2.32. The molecule has 1 aromatic heterocycles. The van der Waals surface area contributed by atoms with Crippen molar-refractivity contribution in [2.24, 2.45) is 0 Å². The molecule has 1 heterocycles. The zero-order valence-corrected chi connectivity index (χ0v) is 16.3. The largest absolute Gasteiger partial charge is 0.396 e. The number of pyridine rings is 1. The maximum absolute atomic E-state index is 14.2. The van der Waals surface area contributed by atoms with Crippen LogP contribution in [-0.4, -0.2) is 10.9 Å². The number of anilines is 4. The van der Waals surface area contributed by atoms with Crippen LogP contribution in [0.3, 0.4) is 0 Å². The quantitative estimate of drug-likeness (QED) is 0.464. The molecule has 138 valence electrons. The van der Waals surface area contributed by atoms with Gasteiger partial charge in [0.2, 0.25) is 5.91 Å². The summed E-state index contributed by atoms with van der Waals surface area (Å²) < 4.78 is 28.3. The highest BCUT2D eigenvalue weighted by molar-refractivity contribution is 14.1. The fourth-order valence-electron chi connectivity index (χ4n) is 2.55. The first-order chi connectivity index (χ1) is 12.8. The van der Waals surface area contributed by atoms with Crippen molar-refractivity contribution in [3.8, 4) is 11.1 Å². The Morgan fingerprint density at radius 1 is 1.11 bits per heavy atom. The lowest BCUT2D eigenvalue weighted by atomic mass is 10.0. The molecule has 0 saturated heterocycles. The fraction of sp³-hybridized carbons (Fsp3) is 0.0526. The van der Waals surface area contributed by atoms with Gasteiger partial charge in [0.05, 0.1) is 5.69 Å². The maximum atomic E-state index is 14.2. The third kappa shape index (κ3) is 4.70. The molecule has 0 atom stereocenters. The van der Waals surface area contributed by atoms with E-state index in [1.54, 1.807) is 30.5 Å². The topological polar surface area (TPSA) is 80.0 Å². The Morgan fingerprint density at radius 2 is 1.85 bits per heavy atom. The molecule has 0 unspecified atom stereocenters. The van der Waals surface area contributed by atoms with Crippen LogP contribution in [0.25, 0.3) is 11.1 Å². The first kappa shape index (κ1) is 19.0. The van der Waals surface area contributed by atoms with E-state index in [2.05, 4.69) is 38.2 Å². The number of amides is 1. The second-order valence-corrected chi connectivity index (χ2v) is 7.07. The molecule has 1 amide bonds. The van der Waals surface area contributed by atoms with E-state index in [-0.39, 0.29) is 11.5 Å². The van der Waals surface area contributed by atoms with Crippen molar-refractivity contribution in [3.05, 3.63) is 63.9 Å². The molecule has 0 bridgehead atoms. The Balaban J connectivity index is 2.06. The van der Waals surface area contributed by atoms with Crippen molar-refractivity contribution in [1.82, 2.24) is 4.98 Å². The molecule has 0 aliphatic carbocycles. The van der Waals surface area contributed by atoms with Crippen LogP contribution in [0.15, 0.2) is 48.7 Å². The van der Waals surface area contributed by atoms with Gasteiger partial charge in [-0.25, -0.2) is 13.8 Å². The Kier molecular flexibility index (Phi) is 5.54. The zero-order valence-electron chi connectivity index (χ0n) is 14.2. The smallest absolute Gasteiger partial charge is 0.221 e. The minimum Gasteiger partial charge on any atom is -0.396 e. The first-order valence-corrected chi connectivity index (χ1v) is 8.96. The van der Waals surface area contributed by atoms with Gasteiger partial charge in [-0.2, -0.15) is 0 Å². The molecule has 0 spiro atoms. The summed E-state index contributed by atoms with van der Waals surface area (Å²) in [6.07, 6.45) is 1.65. The maximum Gasteiger partial charge on any atom is 0.221 e. The van der Waals surface area contributed by atoms with Crippen LogP contribution in [0.4, 0.5) is 31.7 Å². The normalized spacial score (nSPS) is 10.5. The minimum absolute atomic E-state index is 0.204. The van der Waals surface area contributed by atoms with Crippen LogP contribution >= 0.6 is 22.6 Å². The van der Waals surface area contributed by atoms with Crippen LogP contribution < -0.4 is 16.4 Å². The van der Waals surface area contributed by atoms with Gasteiger partial charge >= 0.3 is 0 Å². The van der Waals surface area contributed by atoms with Gasteiger partial charge < -0.3 is 16.4 Å². The van der Waals surface area contributed by atoms with Gasteiger partial charge in [-0.05, 0) is 64.6 Å². The summed E-state index contributed by atoms with van der Waals surface area (Å²) in [7, 11) is 0. The molecule has 0 saturated carbocycles. The van der Waals surface area contributed by atoms with Crippen molar-refractivity contribution in [2.75, 3.05) is 16.4 Å². The van der Waals surface area contributed by atoms with Crippen molar-refractivity contribution >= 4 is 51.4 Å². The van der Waals surface area contributed by atoms with Gasteiger partial charge in [-0.15, -0.1) is 0 Å². The summed E-state index contributed by atoms with van der Waals surface area (Å²) in [4.78, 5) is 15.7. The molecule has 3 rings (SSSR count). The van der Waals surface area contributed by atoms with E-state index in [0.29, 0.717) is 28.4 Å². The number of halogens is 3. The predicted octanol–water partition coefficient (Wildman–Crippen LogP) is 4.92. The lowest BCUT2D eigenvalue weighted by Gasteiger charge is -2.13. The summed E-state index contributed by atoms with van der Waals surface area (Å²) in [5.41, 5.74) is 8.09. The summed E-state index contributed by atoms with van der Waals surface area (Å²) in [6.45, 7) is 1.37. The third-order valence-electron chi connectivity index (χ3n) is 3.64. The molecular formula is C19H15F2IN4O. The van der Waals surface area contributed by atoms with E-state index in [9.17, 15) is 13.6 Å². The Hall–Kier alpha value is -2.75. The van der Waals surface area contributed by atoms with Crippen LogP contribution in [-0.2, 0) is 4.79 Å². The molecule has 0 aliphatic heterocycles. The van der Waals surface area contributed by atoms with Gasteiger partial charge in [0, 0.05) is 39.7 Å². The SMILES string of the molecule is CC(=O)Nc1cc(Nc2ncc(I)cc2N)cc(-c2ccc(F)cc2F)c1. The van der Waals surface area contributed by atoms with E-state index in [1.807, 2.05) is 0 Å². The van der Waals surface area contributed by atoms with Gasteiger partial charge in [0.15, 0.2) is 5.82 Å². The van der Waals surface area contributed by atoms with Crippen LogP contribution in [0, 0.1) is 15.2 Å². The van der Waals surface area contributed by atoms with Gasteiger partial charge in [0.25, 0.3) is 0 Å². The number of carbonyl (C=O) groups excluding carboxylic acids is 1. The Bertz CT molecular complexity index is 1030. The van der Waals surface area contributed by atoms with Crippen molar-refractivity contribution < 1.29 is 13.6 Å². The summed E-state index contributed by atoms with van der Waals surface area (Å²) in [5, 5.41) is 5.73. The number of carbonyl (C=O) groups is 1. The fourth-order valence-corrected chi connectivity index (χ4v) is 3.03. The minimum atomic E-state index is -0.701. The average Bonchev–Trinajstić information content (AvgIpc) is 2.56. The van der Waals surface area contributed by atoms with E-state index in [4.69, 9.17) is 5.73 Å². The predicted molar refractivity (Wildman–Crippen MR) is 111 cm³/mol. The number of nitrogens with two attached hydrogens (primary N) is 1. The Morgan fingerprint density at radius 3 is 2.52 bits per heavy atom. The van der Waals surface area contributed by atoms with Crippen LogP contribution in [0.2, 0.25) is 0 Å². The van der Waals surface area contributed by atoms with Crippen molar-refractivity contribution in [2.45, 2.75) is 6.92 Å². The van der Waals surface area contributed by atoms with Crippen LogP contribution in [0.5, 0.6) is 0 Å². The standard InChI is InChI=1S/C19H15F2IN4O/c1-10(27)25-14-4-11(16-3-2-12(20)6-17(16)21)5-15(8-14)26-19-18(23)7-13(22)9-24-19/h2-9H,23H2,1H3,(H,24,26)(H,25,27). The van der Waals surface area contributed by atoms with Crippen molar-refractivity contribution in [3.63, 3.8) is 0 Å². The third-order valence-corrected chi connectivity index (χ3v) is 4.23. The van der Waals surface area contributed by atoms with E-state index < -0.39 is 11.6 Å². The molecule has 8 heteroatoms. The van der Waals surface area contributed by atoms with E-state index in [1.165, 1.54) is 19.1 Å². The average molecular weight is 480 g/mol. The second kappa shape index (κ2) is 7.87. The lowest BCUT2D eigenvalue weighted by molar-refractivity contribution is -0.114. The molecule has 5 nitrogen and oxygen atoms in total. The second-order valence-electron chi connectivity index (χ2n) is 5.82.